The molecule has 2 N–H and O–H groups in total. The normalized spacial score (nSPS) is 10.8. The van der Waals surface area contributed by atoms with Gasteiger partial charge in [0.05, 0.1) is 35.3 Å². The molecule has 0 aliphatic heterocycles. The van der Waals surface area contributed by atoms with E-state index in [1.165, 1.54) is 34.4 Å². The van der Waals surface area contributed by atoms with E-state index in [9.17, 15) is 14.0 Å². The summed E-state index contributed by atoms with van der Waals surface area (Å²) in [6.45, 7) is 3.50. The third kappa shape index (κ3) is 4.69. The topological polar surface area (TPSA) is 102 Å². The predicted octanol–water partition coefficient (Wildman–Crippen LogP) is 4.11. The second kappa shape index (κ2) is 8.52. The van der Waals surface area contributed by atoms with Gasteiger partial charge in [0.2, 0.25) is 5.91 Å². The molecule has 0 aliphatic rings. The van der Waals surface area contributed by atoms with Gasteiger partial charge in [-0.2, -0.15) is 5.10 Å². The Morgan fingerprint density at radius 1 is 1.16 bits per heavy atom. The molecule has 4 aromatic rings. The highest BCUT2D eigenvalue weighted by Gasteiger charge is 2.16. The monoisotopic (exact) mass is 439 g/mol. The summed E-state index contributed by atoms with van der Waals surface area (Å²) in [5.74, 6) is 0.00924. The van der Waals surface area contributed by atoms with Gasteiger partial charge in [0.15, 0.2) is 5.13 Å². The lowest BCUT2D eigenvalue weighted by Crippen LogP contribution is -2.17. The Bertz CT molecular complexity index is 1240. The number of rotatable bonds is 6. The Labute approximate surface area is 180 Å². The third-order valence-corrected chi connectivity index (χ3v) is 5.19. The highest BCUT2D eigenvalue weighted by atomic mass is 32.1. The zero-order valence-corrected chi connectivity index (χ0v) is 17.5. The molecule has 2 amide bonds. The van der Waals surface area contributed by atoms with Crippen LogP contribution in [-0.2, 0) is 11.2 Å². The quantitative estimate of drug-likeness (QED) is 0.471. The van der Waals surface area contributed by atoms with E-state index in [4.69, 9.17) is 4.42 Å². The van der Waals surface area contributed by atoms with Gasteiger partial charge in [0.25, 0.3) is 5.91 Å². The zero-order chi connectivity index (χ0) is 22.0. The number of aromatic nitrogens is 3. The van der Waals surface area contributed by atoms with Crippen LogP contribution in [0.5, 0.6) is 0 Å². The number of nitrogens with one attached hydrogen (secondary N) is 2. The predicted molar refractivity (Wildman–Crippen MR) is 114 cm³/mol. The van der Waals surface area contributed by atoms with E-state index in [1.54, 1.807) is 43.5 Å². The van der Waals surface area contributed by atoms with E-state index in [-0.39, 0.29) is 24.1 Å². The van der Waals surface area contributed by atoms with Gasteiger partial charge in [0.1, 0.15) is 17.4 Å². The summed E-state index contributed by atoms with van der Waals surface area (Å²) < 4.78 is 19.9. The van der Waals surface area contributed by atoms with E-state index in [0.29, 0.717) is 39.3 Å². The lowest BCUT2D eigenvalue weighted by atomic mass is 10.2. The molecular formula is C21H18FN5O3S. The Hall–Kier alpha value is -3.79. The molecule has 0 saturated heterocycles. The minimum Gasteiger partial charge on any atom is -0.469 e. The van der Waals surface area contributed by atoms with Crippen molar-refractivity contribution in [3.8, 4) is 5.69 Å². The van der Waals surface area contributed by atoms with E-state index in [2.05, 4.69) is 20.7 Å². The molecule has 158 valence electrons. The van der Waals surface area contributed by atoms with Crippen molar-refractivity contribution in [1.29, 1.82) is 0 Å². The number of carbonyl (C=O) groups excluding carboxylic acids is 2. The van der Waals surface area contributed by atoms with Crippen LogP contribution in [0.15, 0.2) is 52.5 Å². The van der Waals surface area contributed by atoms with Crippen LogP contribution in [0, 0.1) is 19.7 Å². The Morgan fingerprint density at radius 3 is 2.65 bits per heavy atom. The Balaban J connectivity index is 1.42. The van der Waals surface area contributed by atoms with Crippen LogP contribution >= 0.6 is 11.3 Å². The average molecular weight is 439 g/mol. The molecule has 0 fully saturated rings. The fourth-order valence-corrected chi connectivity index (χ4v) is 3.66. The summed E-state index contributed by atoms with van der Waals surface area (Å²) in [6, 6.07) is 9.12. The smallest absolute Gasteiger partial charge is 0.260 e. The van der Waals surface area contributed by atoms with E-state index in [1.807, 2.05) is 0 Å². The van der Waals surface area contributed by atoms with Crippen molar-refractivity contribution in [2.75, 3.05) is 10.6 Å². The van der Waals surface area contributed by atoms with Crippen LogP contribution in [0.4, 0.5) is 15.3 Å². The second-order valence-corrected chi connectivity index (χ2v) is 7.63. The van der Waals surface area contributed by atoms with Gasteiger partial charge in [-0.25, -0.2) is 14.1 Å². The first-order chi connectivity index (χ1) is 14.9. The molecule has 3 heterocycles. The van der Waals surface area contributed by atoms with Crippen molar-refractivity contribution in [1.82, 2.24) is 14.8 Å². The second-order valence-electron chi connectivity index (χ2n) is 6.77. The number of aryl methyl sites for hydroxylation is 2. The first-order valence-electron chi connectivity index (χ1n) is 9.31. The minimum absolute atomic E-state index is 0.0186. The number of carbonyl (C=O) groups is 2. The average Bonchev–Trinajstić information content (AvgIpc) is 3.43. The van der Waals surface area contributed by atoms with Crippen molar-refractivity contribution >= 4 is 34.1 Å². The molecule has 0 spiro atoms. The summed E-state index contributed by atoms with van der Waals surface area (Å²) in [7, 11) is 0. The fraction of sp³-hybridized carbons (Fsp3) is 0.143. The lowest BCUT2D eigenvalue weighted by Gasteiger charge is -2.08. The van der Waals surface area contributed by atoms with Crippen LogP contribution in [0.3, 0.4) is 0 Å². The highest BCUT2D eigenvalue weighted by Crippen LogP contribution is 2.20. The van der Waals surface area contributed by atoms with E-state index < -0.39 is 0 Å². The lowest BCUT2D eigenvalue weighted by molar-refractivity contribution is -0.115. The van der Waals surface area contributed by atoms with Gasteiger partial charge in [-0.3, -0.25) is 14.9 Å². The minimum atomic E-state index is -0.354. The molecular weight excluding hydrogens is 421 g/mol. The molecule has 0 radical (unpaired) electrons. The zero-order valence-electron chi connectivity index (χ0n) is 16.7. The molecule has 3 aromatic heterocycles. The van der Waals surface area contributed by atoms with Crippen molar-refractivity contribution in [3.05, 3.63) is 76.6 Å². The van der Waals surface area contributed by atoms with Crippen molar-refractivity contribution in [2.45, 2.75) is 20.3 Å². The van der Waals surface area contributed by atoms with Gasteiger partial charge >= 0.3 is 0 Å². The summed E-state index contributed by atoms with van der Waals surface area (Å²) in [6.07, 6.45) is 1.46. The molecule has 1 aromatic carbocycles. The summed E-state index contributed by atoms with van der Waals surface area (Å²) in [4.78, 5) is 29.1. The number of hydrogen-bond donors (Lipinski definition) is 2. The van der Waals surface area contributed by atoms with Crippen molar-refractivity contribution in [3.63, 3.8) is 0 Å². The maximum Gasteiger partial charge on any atom is 0.260 e. The van der Waals surface area contributed by atoms with Crippen molar-refractivity contribution in [2.24, 2.45) is 0 Å². The molecule has 0 aliphatic carbocycles. The molecule has 31 heavy (non-hydrogen) atoms. The summed E-state index contributed by atoms with van der Waals surface area (Å²) >= 11 is 1.23. The van der Waals surface area contributed by atoms with Gasteiger partial charge in [-0.15, -0.1) is 11.3 Å². The van der Waals surface area contributed by atoms with Crippen LogP contribution in [0.1, 0.15) is 27.5 Å². The summed E-state index contributed by atoms with van der Waals surface area (Å²) in [5.41, 5.74) is 2.27. The molecule has 4 rings (SSSR count). The molecule has 0 atom stereocenters. The Kier molecular flexibility index (Phi) is 5.63. The van der Waals surface area contributed by atoms with Crippen LogP contribution in [-0.4, -0.2) is 26.6 Å². The number of thiazole rings is 1. The van der Waals surface area contributed by atoms with Gasteiger partial charge in [-0.05, 0) is 44.2 Å². The SMILES string of the molecule is Cc1cc(NC(=O)Cc2csc(NC(=O)c3ccoc3C)n2)n(-c2ccc(F)cc2)n1. The number of hydrogen-bond acceptors (Lipinski definition) is 6. The van der Waals surface area contributed by atoms with Gasteiger partial charge in [-0.1, -0.05) is 0 Å². The van der Waals surface area contributed by atoms with Crippen LogP contribution in [0.25, 0.3) is 5.69 Å². The Morgan fingerprint density at radius 2 is 1.94 bits per heavy atom. The van der Waals surface area contributed by atoms with Crippen LogP contribution < -0.4 is 10.6 Å². The maximum atomic E-state index is 13.2. The standard InChI is InChI=1S/C21H18FN5O3S/c1-12-9-18(27(26-12)16-5-3-14(22)4-6-16)24-19(28)10-15-11-31-21(23-15)25-20(29)17-7-8-30-13(17)2/h3-9,11H,10H2,1-2H3,(H,24,28)(H,23,25,29). The van der Waals surface area contributed by atoms with E-state index >= 15 is 0 Å². The number of anilines is 2. The number of amides is 2. The van der Waals surface area contributed by atoms with Crippen LogP contribution in [0.2, 0.25) is 0 Å². The molecule has 0 unspecified atom stereocenters. The highest BCUT2D eigenvalue weighted by molar-refractivity contribution is 7.14. The molecule has 10 heteroatoms. The first-order valence-corrected chi connectivity index (χ1v) is 10.2. The molecule has 0 bridgehead atoms. The summed E-state index contributed by atoms with van der Waals surface area (Å²) in [5, 5.41) is 12.0. The van der Waals surface area contributed by atoms with Crippen molar-refractivity contribution < 1.29 is 18.4 Å². The molecule has 0 saturated carbocycles. The fourth-order valence-electron chi connectivity index (χ4n) is 2.95. The number of benzene rings is 1. The number of halogens is 1. The van der Waals surface area contributed by atoms with Gasteiger partial charge in [0, 0.05) is 11.4 Å². The van der Waals surface area contributed by atoms with E-state index in [0.717, 1.165) is 0 Å². The number of furan rings is 1. The van der Waals surface area contributed by atoms with Gasteiger partial charge < -0.3 is 9.73 Å². The third-order valence-electron chi connectivity index (χ3n) is 4.39. The number of nitrogens with zero attached hydrogens (tertiary/aromatic N) is 3. The first kappa shape index (κ1) is 20.5. The maximum absolute atomic E-state index is 13.2. The molecule has 8 nitrogen and oxygen atoms in total. The largest absolute Gasteiger partial charge is 0.469 e.